The van der Waals surface area contributed by atoms with Crippen LogP contribution in [-0.2, 0) is 6.54 Å². The SMILES string of the molecule is O=C(Nc1ccc(Cn2ccnc2)cc1)Nc1ccc(OC(F)F)cc1. The Labute approximate surface area is 148 Å². The molecule has 0 aliphatic carbocycles. The van der Waals surface area contributed by atoms with Gasteiger partial charge in [-0.1, -0.05) is 12.1 Å². The van der Waals surface area contributed by atoms with Crippen molar-refractivity contribution in [3.05, 3.63) is 72.8 Å². The van der Waals surface area contributed by atoms with Crippen molar-refractivity contribution >= 4 is 17.4 Å². The predicted molar refractivity (Wildman–Crippen MR) is 93.5 cm³/mol. The van der Waals surface area contributed by atoms with Crippen molar-refractivity contribution < 1.29 is 18.3 Å². The zero-order valence-electron chi connectivity index (χ0n) is 13.6. The molecule has 1 heterocycles. The van der Waals surface area contributed by atoms with Gasteiger partial charge in [0.15, 0.2) is 0 Å². The summed E-state index contributed by atoms with van der Waals surface area (Å²) < 4.78 is 30.4. The van der Waals surface area contributed by atoms with Crippen LogP contribution < -0.4 is 15.4 Å². The number of nitrogens with one attached hydrogen (secondary N) is 2. The highest BCUT2D eigenvalue weighted by Crippen LogP contribution is 2.18. The predicted octanol–water partition coefficient (Wildman–Crippen LogP) is 4.18. The molecule has 0 radical (unpaired) electrons. The molecule has 0 saturated carbocycles. The molecule has 3 aromatic rings. The number of hydrogen-bond acceptors (Lipinski definition) is 3. The summed E-state index contributed by atoms with van der Waals surface area (Å²) in [5.74, 6) is 0.0273. The van der Waals surface area contributed by atoms with Crippen LogP contribution in [0, 0.1) is 0 Å². The molecular weight excluding hydrogens is 342 g/mol. The van der Waals surface area contributed by atoms with Crippen molar-refractivity contribution in [2.45, 2.75) is 13.2 Å². The molecule has 0 saturated heterocycles. The minimum Gasteiger partial charge on any atom is -0.435 e. The molecule has 3 rings (SSSR count). The summed E-state index contributed by atoms with van der Waals surface area (Å²) in [6.07, 6.45) is 5.32. The second-order valence-electron chi connectivity index (χ2n) is 5.41. The average molecular weight is 358 g/mol. The number of hydrogen-bond donors (Lipinski definition) is 2. The number of imidazole rings is 1. The van der Waals surface area contributed by atoms with Crippen molar-refractivity contribution in [3.63, 3.8) is 0 Å². The van der Waals surface area contributed by atoms with E-state index in [1.807, 2.05) is 22.9 Å². The van der Waals surface area contributed by atoms with E-state index in [2.05, 4.69) is 20.4 Å². The van der Waals surface area contributed by atoms with Crippen LogP contribution in [0.2, 0.25) is 0 Å². The van der Waals surface area contributed by atoms with Gasteiger partial charge in [-0.15, -0.1) is 0 Å². The van der Waals surface area contributed by atoms with E-state index in [1.165, 1.54) is 24.3 Å². The van der Waals surface area contributed by atoms with Gasteiger partial charge in [0.2, 0.25) is 0 Å². The second-order valence-corrected chi connectivity index (χ2v) is 5.41. The molecule has 0 fully saturated rings. The molecule has 0 aliphatic heterocycles. The average Bonchev–Trinajstić information content (AvgIpc) is 3.11. The van der Waals surface area contributed by atoms with Crippen molar-refractivity contribution in [2.24, 2.45) is 0 Å². The maximum absolute atomic E-state index is 12.1. The van der Waals surface area contributed by atoms with Crippen LogP contribution in [0.5, 0.6) is 5.75 Å². The van der Waals surface area contributed by atoms with Crippen LogP contribution in [0.1, 0.15) is 5.56 Å². The third-order valence-corrected chi connectivity index (χ3v) is 3.47. The Balaban J connectivity index is 1.52. The van der Waals surface area contributed by atoms with E-state index in [1.54, 1.807) is 24.7 Å². The highest BCUT2D eigenvalue weighted by atomic mass is 19.3. The third kappa shape index (κ3) is 5.04. The molecule has 0 unspecified atom stereocenters. The molecule has 0 aliphatic rings. The number of anilines is 2. The Morgan fingerprint density at radius 3 is 2.19 bits per heavy atom. The van der Waals surface area contributed by atoms with Gasteiger partial charge >= 0.3 is 12.6 Å². The Hall–Kier alpha value is -3.42. The van der Waals surface area contributed by atoms with Crippen LogP contribution >= 0.6 is 0 Å². The van der Waals surface area contributed by atoms with E-state index in [4.69, 9.17) is 0 Å². The number of amides is 2. The molecule has 6 nitrogen and oxygen atoms in total. The molecule has 8 heteroatoms. The number of carbonyl (C=O) groups excluding carboxylic acids is 1. The zero-order valence-corrected chi connectivity index (χ0v) is 13.6. The first-order valence-corrected chi connectivity index (χ1v) is 7.76. The van der Waals surface area contributed by atoms with Crippen LogP contribution in [0.15, 0.2) is 67.3 Å². The number of nitrogens with zero attached hydrogens (tertiary/aromatic N) is 2. The first-order chi connectivity index (χ1) is 12.6. The molecule has 134 valence electrons. The molecule has 0 spiro atoms. The summed E-state index contributed by atoms with van der Waals surface area (Å²) in [6.45, 7) is -2.19. The van der Waals surface area contributed by atoms with Crippen molar-refractivity contribution in [3.8, 4) is 5.75 Å². The zero-order chi connectivity index (χ0) is 18.4. The molecular formula is C18H16F2N4O2. The van der Waals surface area contributed by atoms with Crippen molar-refractivity contribution in [1.29, 1.82) is 0 Å². The van der Waals surface area contributed by atoms with Gasteiger partial charge in [-0.25, -0.2) is 9.78 Å². The fourth-order valence-electron chi connectivity index (χ4n) is 2.30. The number of ether oxygens (including phenoxy) is 1. The van der Waals surface area contributed by atoms with Gasteiger partial charge in [-0.3, -0.25) is 0 Å². The largest absolute Gasteiger partial charge is 0.435 e. The summed E-state index contributed by atoms with van der Waals surface area (Å²) in [5, 5.41) is 5.32. The topological polar surface area (TPSA) is 68.2 Å². The minimum absolute atomic E-state index is 0.0273. The van der Waals surface area contributed by atoms with Crippen molar-refractivity contribution in [2.75, 3.05) is 10.6 Å². The number of halogens is 2. The highest BCUT2D eigenvalue weighted by Gasteiger charge is 2.06. The first-order valence-electron chi connectivity index (χ1n) is 7.76. The number of carbonyl (C=O) groups is 1. The maximum atomic E-state index is 12.1. The smallest absolute Gasteiger partial charge is 0.387 e. The summed E-state index contributed by atoms with van der Waals surface area (Å²) in [7, 11) is 0. The summed E-state index contributed by atoms with van der Waals surface area (Å²) >= 11 is 0. The van der Waals surface area contributed by atoms with E-state index in [-0.39, 0.29) is 5.75 Å². The monoisotopic (exact) mass is 358 g/mol. The van der Waals surface area contributed by atoms with Crippen molar-refractivity contribution in [1.82, 2.24) is 9.55 Å². The molecule has 1 aromatic heterocycles. The van der Waals surface area contributed by atoms with E-state index in [9.17, 15) is 13.6 Å². The van der Waals surface area contributed by atoms with Gasteiger partial charge in [0.25, 0.3) is 0 Å². The van der Waals surface area contributed by atoms with Crippen LogP contribution in [0.3, 0.4) is 0 Å². The molecule has 26 heavy (non-hydrogen) atoms. The Kier molecular flexibility index (Phi) is 5.43. The first kappa shape index (κ1) is 17.4. The van der Waals surface area contributed by atoms with Gasteiger partial charge in [-0.05, 0) is 42.0 Å². The summed E-state index contributed by atoms with van der Waals surface area (Å²) in [4.78, 5) is 16.0. The minimum atomic E-state index is -2.88. The van der Waals surface area contributed by atoms with Gasteiger partial charge in [-0.2, -0.15) is 8.78 Å². The van der Waals surface area contributed by atoms with E-state index in [0.717, 1.165) is 5.56 Å². The molecule has 2 aromatic carbocycles. The maximum Gasteiger partial charge on any atom is 0.387 e. The Morgan fingerprint density at radius 2 is 1.65 bits per heavy atom. The molecule has 2 N–H and O–H groups in total. The van der Waals surface area contributed by atoms with Gasteiger partial charge in [0.1, 0.15) is 5.75 Å². The van der Waals surface area contributed by atoms with Gasteiger partial charge in [0.05, 0.1) is 6.33 Å². The lowest BCUT2D eigenvalue weighted by Crippen LogP contribution is -2.19. The van der Waals surface area contributed by atoms with E-state index >= 15 is 0 Å². The lowest BCUT2D eigenvalue weighted by Gasteiger charge is -2.10. The molecule has 2 amide bonds. The lowest BCUT2D eigenvalue weighted by atomic mass is 10.2. The van der Waals surface area contributed by atoms with Crippen LogP contribution in [-0.4, -0.2) is 22.2 Å². The second kappa shape index (κ2) is 8.11. The number of rotatable bonds is 6. The summed E-state index contributed by atoms with van der Waals surface area (Å²) in [5.41, 5.74) is 2.17. The van der Waals surface area contributed by atoms with E-state index in [0.29, 0.717) is 17.9 Å². The number of urea groups is 1. The van der Waals surface area contributed by atoms with Gasteiger partial charge in [0, 0.05) is 30.3 Å². The summed E-state index contributed by atoms with van der Waals surface area (Å²) in [6, 6.07) is 12.6. The third-order valence-electron chi connectivity index (χ3n) is 3.47. The molecule has 0 bridgehead atoms. The fourth-order valence-corrected chi connectivity index (χ4v) is 2.30. The van der Waals surface area contributed by atoms with Crippen LogP contribution in [0.25, 0.3) is 0 Å². The number of benzene rings is 2. The van der Waals surface area contributed by atoms with Crippen LogP contribution in [0.4, 0.5) is 25.0 Å². The fraction of sp³-hybridized carbons (Fsp3) is 0.111. The normalized spacial score (nSPS) is 10.6. The van der Waals surface area contributed by atoms with Gasteiger partial charge < -0.3 is 19.9 Å². The number of aromatic nitrogens is 2. The highest BCUT2D eigenvalue weighted by molar-refractivity contribution is 5.99. The quantitative estimate of drug-likeness (QED) is 0.695. The standard InChI is InChI=1S/C18H16F2N4O2/c19-17(20)26-16-7-5-15(6-8-16)23-18(25)22-14-3-1-13(2-4-14)11-24-10-9-21-12-24/h1-10,12,17H,11H2,(H2,22,23,25). The van der Waals surface area contributed by atoms with E-state index < -0.39 is 12.6 Å². The Morgan fingerprint density at radius 1 is 1.04 bits per heavy atom. The lowest BCUT2D eigenvalue weighted by molar-refractivity contribution is -0.0498. The number of alkyl halides is 2. The molecule has 0 atom stereocenters. The Bertz CT molecular complexity index is 835.